The molecule has 1 rings (SSSR count). The van der Waals surface area contributed by atoms with Crippen LogP contribution < -0.4 is 10.6 Å². The first-order valence-electron chi connectivity index (χ1n) is 7.17. The smallest absolute Gasteiger partial charge is 0.220 e. The number of carbonyl (C=O) groups excluding carboxylic acids is 1. The minimum absolute atomic E-state index is 0.234. The maximum absolute atomic E-state index is 11.9. The van der Waals surface area contributed by atoms with Crippen molar-refractivity contribution in [1.82, 2.24) is 10.6 Å². The first-order chi connectivity index (χ1) is 8.17. The number of rotatable bonds is 6. The first-order valence-corrected chi connectivity index (χ1v) is 7.17. The molecule has 0 aliphatic carbocycles. The second-order valence-electron chi connectivity index (χ2n) is 5.35. The Morgan fingerprint density at radius 2 is 2.12 bits per heavy atom. The van der Waals surface area contributed by atoms with E-state index in [1.54, 1.807) is 0 Å². The lowest BCUT2D eigenvalue weighted by Crippen LogP contribution is -2.40. The molecule has 1 heterocycles. The molecular formula is C14H28N2O. The maximum Gasteiger partial charge on any atom is 0.220 e. The van der Waals surface area contributed by atoms with Gasteiger partial charge in [0.2, 0.25) is 5.91 Å². The van der Waals surface area contributed by atoms with E-state index >= 15 is 0 Å². The Balaban J connectivity index is 2.27. The third-order valence-electron chi connectivity index (χ3n) is 4.02. The minimum Gasteiger partial charge on any atom is -0.353 e. The molecule has 0 saturated carbocycles. The Hall–Kier alpha value is -0.570. The van der Waals surface area contributed by atoms with Gasteiger partial charge in [-0.25, -0.2) is 0 Å². The van der Waals surface area contributed by atoms with E-state index in [1.165, 1.54) is 12.8 Å². The van der Waals surface area contributed by atoms with Crippen LogP contribution in [0.25, 0.3) is 0 Å². The molecule has 3 heteroatoms. The largest absolute Gasteiger partial charge is 0.353 e. The average molecular weight is 240 g/mol. The van der Waals surface area contributed by atoms with Gasteiger partial charge in [-0.15, -0.1) is 0 Å². The van der Waals surface area contributed by atoms with E-state index in [4.69, 9.17) is 0 Å². The lowest BCUT2D eigenvalue weighted by atomic mass is 9.93. The zero-order valence-electron chi connectivity index (χ0n) is 11.6. The Morgan fingerprint density at radius 1 is 1.41 bits per heavy atom. The molecule has 2 N–H and O–H groups in total. The van der Waals surface area contributed by atoms with E-state index in [0.29, 0.717) is 24.3 Å². The van der Waals surface area contributed by atoms with Gasteiger partial charge in [0.1, 0.15) is 0 Å². The monoisotopic (exact) mass is 240 g/mol. The average Bonchev–Trinajstić information content (AvgIpc) is 2.31. The molecule has 100 valence electrons. The molecule has 1 aliphatic rings. The lowest BCUT2D eigenvalue weighted by Gasteiger charge is -2.25. The second-order valence-corrected chi connectivity index (χ2v) is 5.35. The summed E-state index contributed by atoms with van der Waals surface area (Å²) in [6.07, 6.45) is 5.38. The predicted octanol–water partition coefficient (Wildman–Crippen LogP) is 2.32. The van der Waals surface area contributed by atoms with Gasteiger partial charge in [-0.3, -0.25) is 4.79 Å². The second kappa shape index (κ2) is 7.70. The Labute approximate surface area is 106 Å². The molecule has 0 aromatic carbocycles. The summed E-state index contributed by atoms with van der Waals surface area (Å²) in [5.74, 6) is 1.39. The number of hydrogen-bond donors (Lipinski definition) is 2. The van der Waals surface area contributed by atoms with Crippen LogP contribution >= 0.6 is 0 Å². The van der Waals surface area contributed by atoms with Crippen LogP contribution in [0.1, 0.15) is 52.9 Å². The third-order valence-corrected chi connectivity index (χ3v) is 4.02. The summed E-state index contributed by atoms with van der Waals surface area (Å²) in [5, 5.41) is 6.52. The predicted molar refractivity (Wildman–Crippen MR) is 71.9 cm³/mol. The van der Waals surface area contributed by atoms with Gasteiger partial charge < -0.3 is 10.6 Å². The molecule has 0 bridgehead atoms. The highest BCUT2D eigenvalue weighted by Crippen LogP contribution is 2.16. The summed E-state index contributed by atoms with van der Waals surface area (Å²) in [4.78, 5) is 11.9. The fraction of sp³-hybridized carbons (Fsp3) is 0.929. The van der Waals surface area contributed by atoms with Gasteiger partial charge in [-0.1, -0.05) is 26.7 Å². The molecule has 2 unspecified atom stereocenters. The summed E-state index contributed by atoms with van der Waals surface area (Å²) >= 11 is 0. The molecule has 0 radical (unpaired) electrons. The van der Waals surface area contributed by atoms with Crippen molar-refractivity contribution in [3.05, 3.63) is 0 Å². The van der Waals surface area contributed by atoms with E-state index in [2.05, 4.69) is 31.4 Å². The van der Waals surface area contributed by atoms with Crippen LogP contribution in [-0.4, -0.2) is 25.0 Å². The highest BCUT2D eigenvalue weighted by Gasteiger charge is 2.20. The van der Waals surface area contributed by atoms with Crippen molar-refractivity contribution in [3.63, 3.8) is 0 Å². The van der Waals surface area contributed by atoms with Crippen molar-refractivity contribution < 1.29 is 4.79 Å². The molecule has 0 aromatic heterocycles. The van der Waals surface area contributed by atoms with Crippen LogP contribution in [0.2, 0.25) is 0 Å². The van der Waals surface area contributed by atoms with Crippen LogP contribution in [0.5, 0.6) is 0 Å². The normalized spacial score (nSPS) is 22.5. The van der Waals surface area contributed by atoms with Gasteiger partial charge in [-0.2, -0.15) is 0 Å². The van der Waals surface area contributed by atoms with Gasteiger partial charge in [0, 0.05) is 12.5 Å². The number of amides is 1. The SMILES string of the molecule is CCC(CC)C(C)NC(=O)CC1CCCNC1. The van der Waals surface area contributed by atoms with Crippen molar-refractivity contribution in [2.45, 2.75) is 58.9 Å². The van der Waals surface area contributed by atoms with Crippen LogP contribution in [0.3, 0.4) is 0 Å². The molecular weight excluding hydrogens is 212 g/mol. The van der Waals surface area contributed by atoms with Gasteiger partial charge in [0.25, 0.3) is 0 Å². The van der Waals surface area contributed by atoms with Gasteiger partial charge in [0.15, 0.2) is 0 Å². The molecule has 1 amide bonds. The van der Waals surface area contributed by atoms with Crippen molar-refractivity contribution in [2.75, 3.05) is 13.1 Å². The fourth-order valence-electron chi connectivity index (χ4n) is 2.79. The maximum atomic E-state index is 11.9. The van der Waals surface area contributed by atoms with E-state index < -0.39 is 0 Å². The quantitative estimate of drug-likeness (QED) is 0.748. The Bertz CT molecular complexity index is 220. The standard InChI is InChI=1S/C14H28N2O/c1-4-13(5-2)11(3)16-14(17)9-12-7-6-8-15-10-12/h11-13,15H,4-10H2,1-3H3,(H,16,17). The molecule has 1 fully saturated rings. The van der Waals surface area contributed by atoms with Crippen LogP contribution in [0, 0.1) is 11.8 Å². The fourth-order valence-corrected chi connectivity index (χ4v) is 2.79. The minimum atomic E-state index is 0.234. The third kappa shape index (κ3) is 5.07. The summed E-state index contributed by atoms with van der Waals surface area (Å²) in [5.41, 5.74) is 0. The lowest BCUT2D eigenvalue weighted by molar-refractivity contribution is -0.123. The molecule has 0 aromatic rings. The van der Waals surface area contributed by atoms with Crippen molar-refractivity contribution in [1.29, 1.82) is 0 Å². The number of carbonyl (C=O) groups is 1. The number of nitrogens with one attached hydrogen (secondary N) is 2. The van der Waals surface area contributed by atoms with E-state index in [0.717, 1.165) is 25.9 Å². The summed E-state index contributed by atoms with van der Waals surface area (Å²) in [6.45, 7) is 8.65. The Morgan fingerprint density at radius 3 is 2.65 bits per heavy atom. The van der Waals surface area contributed by atoms with Crippen LogP contribution in [-0.2, 0) is 4.79 Å². The molecule has 2 atom stereocenters. The van der Waals surface area contributed by atoms with Gasteiger partial charge >= 0.3 is 0 Å². The van der Waals surface area contributed by atoms with E-state index in [1.807, 2.05) is 0 Å². The molecule has 1 saturated heterocycles. The number of piperidine rings is 1. The highest BCUT2D eigenvalue weighted by molar-refractivity contribution is 5.76. The molecule has 0 spiro atoms. The van der Waals surface area contributed by atoms with E-state index in [9.17, 15) is 4.79 Å². The molecule has 17 heavy (non-hydrogen) atoms. The first kappa shape index (κ1) is 14.5. The Kier molecular flexibility index (Phi) is 6.56. The summed E-state index contributed by atoms with van der Waals surface area (Å²) in [7, 11) is 0. The molecule has 1 aliphatic heterocycles. The number of hydrogen-bond acceptors (Lipinski definition) is 2. The van der Waals surface area contributed by atoms with Crippen molar-refractivity contribution >= 4 is 5.91 Å². The zero-order valence-corrected chi connectivity index (χ0v) is 11.6. The molecule has 3 nitrogen and oxygen atoms in total. The van der Waals surface area contributed by atoms with E-state index in [-0.39, 0.29) is 5.91 Å². The van der Waals surface area contributed by atoms with Crippen LogP contribution in [0.4, 0.5) is 0 Å². The van der Waals surface area contributed by atoms with Crippen molar-refractivity contribution in [3.8, 4) is 0 Å². The topological polar surface area (TPSA) is 41.1 Å². The summed E-state index contributed by atoms with van der Waals surface area (Å²) in [6, 6.07) is 0.314. The van der Waals surface area contributed by atoms with Gasteiger partial charge in [0.05, 0.1) is 0 Å². The van der Waals surface area contributed by atoms with Crippen LogP contribution in [0.15, 0.2) is 0 Å². The zero-order chi connectivity index (χ0) is 12.7. The van der Waals surface area contributed by atoms with Gasteiger partial charge in [-0.05, 0) is 44.7 Å². The summed E-state index contributed by atoms with van der Waals surface area (Å²) < 4.78 is 0. The van der Waals surface area contributed by atoms with Crippen molar-refractivity contribution in [2.24, 2.45) is 11.8 Å². The highest BCUT2D eigenvalue weighted by atomic mass is 16.1.